The van der Waals surface area contributed by atoms with Gasteiger partial charge in [0.25, 0.3) is 0 Å². The lowest BCUT2D eigenvalue weighted by molar-refractivity contribution is 0.111. The van der Waals surface area contributed by atoms with Crippen molar-refractivity contribution in [1.82, 2.24) is 4.98 Å². The van der Waals surface area contributed by atoms with Crippen LogP contribution in [-0.2, 0) is 0 Å². The Labute approximate surface area is 84.7 Å². The van der Waals surface area contributed by atoms with E-state index in [1.807, 2.05) is 0 Å². The number of aryl methyl sites for hydroxylation is 1. The SMILES string of the molecule is Cc1c(C=O)[nH]c2cc(Cl)c(F)cc12. The number of carbonyl (C=O) groups is 1. The van der Waals surface area contributed by atoms with Gasteiger partial charge < -0.3 is 4.98 Å². The Bertz CT molecular complexity index is 518. The number of hydrogen-bond acceptors (Lipinski definition) is 1. The second kappa shape index (κ2) is 3.10. The average molecular weight is 212 g/mol. The van der Waals surface area contributed by atoms with Crippen molar-refractivity contribution < 1.29 is 9.18 Å². The fraction of sp³-hybridized carbons (Fsp3) is 0.100. The number of fused-ring (bicyclic) bond motifs is 1. The van der Waals surface area contributed by atoms with Crippen molar-refractivity contribution in [3.63, 3.8) is 0 Å². The molecule has 1 aromatic carbocycles. The minimum Gasteiger partial charge on any atom is -0.352 e. The summed E-state index contributed by atoms with van der Waals surface area (Å²) >= 11 is 5.61. The maximum Gasteiger partial charge on any atom is 0.166 e. The summed E-state index contributed by atoms with van der Waals surface area (Å²) in [6.45, 7) is 1.76. The summed E-state index contributed by atoms with van der Waals surface area (Å²) in [5.41, 5.74) is 1.88. The third kappa shape index (κ3) is 1.21. The molecule has 0 saturated heterocycles. The number of aromatic amines is 1. The van der Waals surface area contributed by atoms with E-state index in [4.69, 9.17) is 11.6 Å². The number of hydrogen-bond donors (Lipinski definition) is 1. The topological polar surface area (TPSA) is 32.9 Å². The van der Waals surface area contributed by atoms with Crippen LogP contribution in [0.4, 0.5) is 4.39 Å². The molecule has 2 rings (SSSR count). The molecule has 0 saturated carbocycles. The highest BCUT2D eigenvalue weighted by Crippen LogP contribution is 2.26. The summed E-state index contributed by atoms with van der Waals surface area (Å²) in [5, 5.41) is 0.741. The largest absolute Gasteiger partial charge is 0.352 e. The molecule has 72 valence electrons. The van der Waals surface area contributed by atoms with Crippen LogP contribution in [0.2, 0.25) is 5.02 Å². The van der Waals surface area contributed by atoms with E-state index in [-0.39, 0.29) is 5.02 Å². The summed E-state index contributed by atoms with van der Waals surface area (Å²) in [6.07, 6.45) is 0.709. The van der Waals surface area contributed by atoms with E-state index in [1.54, 1.807) is 6.92 Å². The van der Waals surface area contributed by atoms with Gasteiger partial charge in [0, 0.05) is 10.9 Å². The maximum absolute atomic E-state index is 13.1. The minimum atomic E-state index is -0.473. The second-order valence-electron chi connectivity index (χ2n) is 3.09. The third-order valence-electron chi connectivity index (χ3n) is 2.26. The summed E-state index contributed by atoms with van der Waals surface area (Å²) in [7, 11) is 0. The standard InChI is InChI=1S/C10H7ClFNO/c1-5-6-2-8(12)7(11)3-9(6)13-10(5)4-14/h2-4,13H,1H3. The molecule has 0 spiro atoms. The molecule has 4 heteroatoms. The summed E-state index contributed by atoms with van der Waals surface area (Å²) in [5.74, 6) is -0.473. The predicted molar refractivity (Wildman–Crippen MR) is 53.4 cm³/mol. The Morgan fingerprint density at radius 3 is 2.86 bits per heavy atom. The lowest BCUT2D eigenvalue weighted by Crippen LogP contribution is -1.80. The van der Waals surface area contributed by atoms with Crippen molar-refractivity contribution in [3.8, 4) is 0 Å². The quantitative estimate of drug-likeness (QED) is 0.723. The molecule has 0 atom stereocenters. The summed E-state index contributed by atoms with van der Waals surface area (Å²) in [6, 6.07) is 2.81. The first kappa shape index (κ1) is 9.21. The van der Waals surface area contributed by atoms with Crippen LogP contribution in [0.3, 0.4) is 0 Å². The van der Waals surface area contributed by atoms with Crippen molar-refractivity contribution in [3.05, 3.63) is 34.2 Å². The van der Waals surface area contributed by atoms with Crippen LogP contribution >= 0.6 is 11.6 Å². The van der Waals surface area contributed by atoms with Crippen LogP contribution in [0.5, 0.6) is 0 Å². The smallest absolute Gasteiger partial charge is 0.166 e. The first-order valence-corrected chi connectivity index (χ1v) is 4.44. The number of benzene rings is 1. The molecule has 0 aliphatic heterocycles. The predicted octanol–water partition coefficient (Wildman–Crippen LogP) is 3.08. The van der Waals surface area contributed by atoms with Crippen LogP contribution in [0, 0.1) is 12.7 Å². The van der Waals surface area contributed by atoms with Crippen molar-refractivity contribution in [1.29, 1.82) is 0 Å². The van der Waals surface area contributed by atoms with Gasteiger partial charge in [-0.1, -0.05) is 11.6 Å². The van der Waals surface area contributed by atoms with Crippen LogP contribution < -0.4 is 0 Å². The Kier molecular flexibility index (Phi) is 2.04. The van der Waals surface area contributed by atoms with Crippen molar-refractivity contribution in [2.45, 2.75) is 6.92 Å². The number of aldehydes is 1. The molecule has 0 unspecified atom stereocenters. The fourth-order valence-corrected chi connectivity index (χ4v) is 1.63. The average Bonchev–Trinajstić information content (AvgIpc) is 2.45. The van der Waals surface area contributed by atoms with E-state index in [9.17, 15) is 9.18 Å². The molecule has 0 amide bonds. The summed E-state index contributed by atoms with van der Waals surface area (Å²) in [4.78, 5) is 13.5. The first-order valence-electron chi connectivity index (χ1n) is 4.06. The number of H-pyrrole nitrogens is 1. The van der Waals surface area contributed by atoms with Gasteiger partial charge in [0.1, 0.15) is 5.82 Å². The molecule has 1 aromatic heterocycles. The molecule has 14 heavy (non-hydrogen) atoms. The second-order valence-corrected chi connectivity index (χ2v) is 3.50. The van der Waals surface area contributed by atoms with E-state index in [2.05, 4.69) is 4.98 Å². The highest BCUT2D eigenvalue weighted by atomic mass is 35.5. The highest BCUT2D eigenvalue weighted by Gasteiger charge is 2.09. The molecule has 0 radical (unpaired) electrons. The molecule has 2 aromatic rings. The molecular formula is C10H7ClFNO. The number of rotatable bonds is 1. The zero-order valence-corrected chi connectivity index (χ0v) is 8.15. The normalized spacial score (nSPS) is 10.8. The van der Waals surface area contributed by atoms with Gasteiger partial charge in [0.15, 0.2) is 6.29 Å². The van der Waals surface area contributed by atoms with E-state index in [0.29, 0.717) is 22.9 Å². The lowest BCUT2D eigenvalue weighted by Gasteiger charge is -1.94. The number of halogens is 2. The molecule has 0 fully saturated rings. The van der Waals surface area contributed by atoms with Crippen LogP contribution in [-0.4, -0.2) is 11.3 Å². The van der Waals surface area contributed by atoms with Gasteiger partial charge in [-0.2, -0.15) is 0 Å². The number of aromatic nitrogens is 1. The molecule has 2 nitrogen and oxygen atoms in total. The van der Waals surface area contributed by atoms with Crippen LogP contribution in [0.25, 0.3) is 10.9 Å². The molecule has 1 heterocycles. The fourth-order valence-electron chi connectivity index (χ4n) is 1.46. The van der Waals surface area contributed by atoms with Crippen molar-refractivity contribution in [2.24, 2.45) is 0 Å². The third-order valence-corrected chi connectivity index (χ3v) is 2.55. The van der Waals surface area contributed by atoms with Gasteiger partial charge >= 0.3 is 0 Å². The van der Waals surface area contributed by atoms with Crippen molar-refractivity contribution in [2.75, 3.05) is 0 Å². The molecule has 0 bridgehead atoms. The van der Waals surface area contributed by atoms with E-state index < -0.39 is 5.82 Å². The van der Waals surface area contributed by atoms with Crippen LogP contribution in [0.1, 0.15) is 16.1 Å². The zero-order valence-electron chi connectivity index (χ0n) is 7.40. The minimum absolute atomic E-state index is 0.0520. The molecule has 0 aliphatic carbocycles. The van der Waals surface area contributed by atoms with Crippen LogP contribution in [0.15, 0.2) is 12.1 Å². The van der Waals surface area contributed by atoms with E-state index >= 15 is 0 Å². The maximum atomic E-state index is 13.1. The monoisotopic (exact) mass is 211 g/mol. The van der Waals surface area contributed by atoms with Gasteiger partial charge in [-0.05, 0) is 24.6 Å². The molecular weight excluding hydrogens is 205 g/mol. The Balaban J connectivity index is 2.86. The van der Waals surface area contributed by atoms with Gasteiger partial charge in [-0.3, -0.25) is 4.79 Å². The van der Waals surface area contributed by atoms with Gasteiger partial charge in [-0.15, -0.1) is 0 Å². The Hall–Kier alpha value is -1.35. The van der Waals surface area contributed by atoms with Crippen molar-refractivity contribution >= 4 is 28.8 Å². The van der Waals surface area contributed by atoms with Gasteiger partial charge in [-0.25, -0.2) is 4.39 Å². The zero-order chi connectivity index (χ0) is 10.3. The molecule has 0 aliphatic rings. The Morgan fingerprint density at radius 1 is 1.50 bits per heavy atom. The number of carbonyl (C=O) groups excluding carboxylic acids is 1. The highest BCUT2D eigenvalue weighted by molar-refractivity contribution is 6.31. The van der Waals surface area contributed by atoms with E-state index in [1.165, 1.54) is 12.1 Å². The Morgan fingerprint density at radius 2 is 2.21 bits per heavy atom. The van der Waals surface area contributed by atoms with Gasteiger partial charge in [0.05, 0.1) is 10.7 Å². The number of nitrogens with one attached hydrogen (secondary N) is 1. The summed E-state index contributed by atoms with van der Waals surface area (Å²) < 4.78 is 13.1. The first-order chi connectivity index (χ1) is 6.63. The van der Waals surface area contributed by atoms with E-state index in [0.717, 1.165) is 5.56 Å². The lowest BCUT2D eigenvalue weighted by atomic mass is 10.1. The van der Waals surface area contributed by atoms with Gasteiger partial charge in [0.2, 0.25) is 0 Å². The molecule has 1 N–H and O–H groups in total.